The van der Waals surface area contributed by atoms with Gasteiger partial charge in [-0.2, -0.15) is 0 Å². The number of nitrogens with zero attached hydrogens (tertiary/aromatic N) is 1. The lowest BCUT2D eigenvalue weighted by Crippen LogP contribution is -2.20. The van der Waals surface area contributed by atoms with E-state index in [1.165, 1.54) is 18.4 Å². The number of aryl methyl sites for hydroxylation is 1. The van der Waals surface area contributed by atoms with Gasteiger partial charge in [0.2, 0.25) is 0 Å². The van der Waals surface area contributed by atoms with E-state index in [9.17, 15) is 9.59 Å². The summed E-state index contributed by atoms with van der Waals surface area (Å²) >= 11 is 1.20. The van der Waals surface area contributed by atoms with Crippen molar-refractivity contribution < 1.29 is 19.1 Å². The van der Waals surface area contributed by atoms with E-state index in [1.54, 1.807) is 30.7 Å². The lowest BCUT2D eigenvalue weighted by atomic mass is 10.1. The molecule has 2 amide bonds. The highest BCUT2D eigenvalue weighted by atomic mass is 32.1. The molecule has 2 N–H and O–H groups in total. The molecule has 0 spiro atoms. The van der Waals surface area contributed by atoms with Crippen LogP contribution in [0.5, 0.6) is 5.75 Å². The van der Waals surface area contributed by atoms with Crippen LogP contribution in [0.3, 0.4) is 0 Å². The number of methoxy groups -OCH3 is 2. The van der Waals surface area contributed by atoms with Crippen LogP contribution in [-0.2, 0) is 4.74 Å². The van der Waals surface area contributed by atoms with Crippen LogP contribution in [0.15, 0.2) is 60.0 Å². The van der Waals surface area contributed by atoms with E-state index in [0.717, 1.165) is 27.7 Å². The Balaban J connectivity index is 1.59. The number of thiophene rings is 1. The number of amides is 2. The Bertz CT molecular complexity index is 1320. The summed E-state index contributed by atoms with van der Waals surface area (Å²) in [6.45, 7) is 2.04. The Morgan fingerprint density at radius 1 is 1.00 bits per heavy atom. The van der Waals surface area contributed by atoms with Gasteiger partial charge in [0.25, 0.3) is 0 Å². The van der Waals surface area contributed by atoms with Gasteiger partial charge in [-0.05, 0) is 42.6 Å². The minimum absolute atomic E-state index is 0.329. The third kappa shape index (κ3) is 4.40. The predicted molar refractivity (Wildman–Crippen MR) is 127 cm³/mol. The number of carbonyl (C=O) groups excluding carboxylic acids is 2. The van der Waals surface area contributed by atoms with Gasteiger partial charge in [-0.1, -0.05) is 23.8 Å². The lowest BCUT2D eigenvalue weighted by molar-refractivity contribution is 0.0607. The average molecular weight is 448 g/mol. The van der Waals surface area contributed by atoms with Crippen molar-refractivity contribution in [1.29, 1.82) is 0 Å². The van der Waals surface area contributed by atoms with E-state index < -0.39 is 12.0 Å². The number of ether oxygens (including phenoxy) is 2. The second kappa shape index (κ2) is 9.07. The first-order valence-corrected chi connectivity index (χ1v) is 10.7. The fourth-order valence-electron chi connectivity index (χ4n) is 3.34. The molecule has 0 saturated carbocycles. The molecular weight excluding hydrogens is 426 g/mol. The number of urea groups is 1. The van der Waals surface area contributed by atoms with E-state index in [-0.39, 0.29) is 0 Å². The highest BCUT2D eigenvalue weighted by Gasteiger charge is 2.16. The summed E-state index contributed by atoms with van der Waals surface area (Å²) in [4.78, 5) is 29.4. The van der Waals surface area contributed by atoms with Crippen molar-refractivity contribution in [3.05, 3.63) is 70.4 Å². The molecule has 8 heteroatoms. The normalized spacial score (nSPS) is 10.6. The molecule has 0 aliphatic rings. The lowest BCUT2D eigenvalue weighted by Gasteiger charge is -2.12. The maximum absolute atomic E-state index is 12.5. The van der Waals surface area contributed by atoms with Crippen LogP contribution in [-0.4, -0.2) is 31.2 Å². The van der Waals surface area contributed by atoms with Crippen molar-refractivity contribution in [1.82, 2.24) is 4.98 Å². The first-order valence-electron chi connectivity index (χ1n) is 9.78. The van der Waals surface area contributed by atoms with Gasteiger partial charge in [-0.3, -0.25) is 0 Å². The third-order valence-corrected chi connectivity index (χ3v) is 5.74. The summed E-state index contributed by atoms with van der Waals surface area (Å²) in [7, 11) is 2.90. The molecule has 0 atom stereocenters. The SMILES string of the molecule is COC(=O)c1sccc1NC(=O)Nc1ccc2nc(-c3cccc(C)c3)cc(OC)c2c1. The molecule has 0 aliphatic heterocycles. The number of nitrogens with one attached hydrogen (secondary N) is 2. The second-order valence-corrected chi connectivity index (χ2v) is 7.96. The zero-order valence-electron chi connectivity index (χ0n) is 17.8. The largest absolute Gasteiger partial charge is 0.496 e. The summed E-state index contributed by atoms with van der Waals surface area (Å²) < 4.78 is 10.3. The monoisotopic (exact) mass is 447 g/mol. The molecule has 162 valence electrons. The number of rotatable bonds is 5. The van der Waals surface area contributed by atoms with Crippen LogP contribution in [0.4, 0.5) is 16.2 Å². The molecule has 32 heavy (non-hydrogen) atoms. The maximum Gasteiger partial charge on any atom is 0.350 e. The van der Waals surface area contributed by atoms with Crippen LogP contribution in [0.25, 0.3) is 22.2 Å². The number of fused-ring (bicyclic) bond motifs is 1. The van der Waals surface area contributed by atoms with Crippen molar-refractivity contribution >= 4 is 45.6 Å². The van der Waals surface area contributed by atoms with E-state index in [2.05, 4.69) is 16.7 Å². The van der Waals surface area contributed by atoms with Crippen molar-refractivity contribution in [3.8, 4) is 17.0 Å². The number of hydrogen-bond acceptors (Lipinski definition) is 6. The Morgan fingerprint density at radius 2 is 1.84 bits per heavy atom. The molecular formula is C24H21N3O4S. The molecule has 2 heterocycles. The Labute approximate surface area is 189 Å². The van der Waals surface area contributed by atoms with Gasteiger partial charge in [0, 0.05) is 22.7 Å². The van der Waals surface area contributed by atoms with Crippen LogP contribution >= 0.6 is 11.3 Å². The van der Waals surface area contributed by atoms with E-state index in [0.29, 0.717) is 22.0 Å². The summed E-state index contributed by atoms with van der Waals surface area (Å²) in [6.07, 6.45) is 0. The number of hydrogen-bond donors (Lipinski definition) is 2. The first-order chi connectivity index (χ1) is 15.5. The molecule has 0 unspecified atom stereocenters. The highest BCUT2D eigenvalue weighted by Crippen LogP contribution is 2.32. The molecule has 2 aromatic heterocycles. The van der Waals surface area contributed by atoms with Gasteiger partial charge in [-0.25, -0.2) is 14.6 Å². The molecule has 7 nitrogen and oxygen atoms in total. The van der Waals surface area contributed by atoms with Crippen molar-refractivity contribution in [3.63, 3.8) is 0 Å². The molecule has 0 radical (unpaired) electrons. The van der Waals surface area contributed by atoms with E-state index in [1.807, 2.05) is 37.3 Å². The zero-order chi connectivity index (χ0) is 22.7. The molecule has 0 saturated heterocycles. The fourth-order valence-corrected chi connectivity index (χ4v) is 4.10. The molecule has 0 fully saturated rings. The number of pyridine rings is 1. The number of esters is 1. The minimum atomic E-state index is -0.499. The smallest absolute Gasteiger partial charge is 0.350 e. The summed E-state index contributed by atoms with van der Waals surface area (Å²) in [5, 5.41) is 7.94. The van der Waals surface area contributed by atoms with Crippen LogP contribution in [0.2, 0.25) is 0 Å². The molecule has 0 aliphatic carbocycles. The van der Waals surface area contributed by atoms with Crippen molar-refractivity contribution in [2.75, 3.05) is 24.9 Å². The van der Waals surface area contributed by atoms with E-state index >= 15 is 0 Å². The number of anilines is 2. The highest BCUT2D eigenvalue weighted by molar-refractivity contribution is 7.12. The van der Waals surface area contributed by atoms with Crippen LogP contribution in [0, 0.1) is 6.92 Å². The minimum Gasteiger partial charge on any atom is -0.496 e. The quantitative estimate of drug-likeness (QED) is 0.383. The standard InChI is InChI=1S/C24H21N3O4S/c1-14-5-4-6-15(11-14)20-13-21(30-2)17-12-16(7-8-18(17)26-20)25-24(29)27-19-9-10-32-22(19)23(28)31-3/h4-13H,1-3H3,(H2,25,27,29). The van der Waals surface area contributed by atoms with Crippen molar-refractivity contribution in [2.24, 2.45) is 0 Å². The fraction of sp³-hybridized carbons (Fsp3) is 0.125. The van der Waals surface area contributed by atoms with Gasteiger partial charge in [-0.15, -0.1) is 11.3 Å². The molecule has 4 rings (SSSR count). The predicted octanol–water partition coefficient (Wildman–Crippen LogP) is 5.71. The van der Waals surface area contributed by atoms with Gasteiger partial charge in [0.05, 0.1) is 31.1 Å². The van der Waals surface area contributed by atoms with Gasteiger partial charge < -0.3 is 20.1 Å². The summed E-state index contributed by atoms with van der Waals surface area (Å²) in [5.74, 6) is 0.155. The number of aromatic nitrogens is 1. The number of carbonyl (C=O) groups is 2. The zero-order valence-corrected chi connectivity index (χ0v) is 18.6. The van der Waals surface area contributed by atoms with Gasteiger partial charge in [0.1, 0.15) is 10.6 Å². The Kier molecular flexibility index (Phi) is 6.04. The Hall–Kier alpha value is -3.91. The second-order valence-electron chi connectivity index (χ2n) is 7.05. The van der Waals surface area contributed by atoms with Gasteiger partial charge in [0.15, 0.2) is 0 Å². The maximum atomic E-state index is 12.5. The molecule has 0 bridgehead atoms. The number of benzene rings is 2. The first kappa shape index (κ1) is 21.3. The molecule has 4 aromatic rings. The topological polar surface area (TPSA) is 89.5 Å². The van der Waals surface area contributed by atoms with E-state index in [4.69, 9.17) is 14.5 Å². The average Bonchev–Trinajstić information content (AvgIpc) is 3.25. The Morgan fingerprint density at radius 3 is 2.59 bits per heavy atom. The van der Waals surface area contributed by atoms with Gasteiger partial charge >= 0.3 is 12.0 Å². The molecule has 2 aromatic carbocycles. The van der Waals surface area contributed by atoms with Crippen LogP contribution in [0.1, 0.15) is 15.2 Å². The summed E-state index contributed by atoms with van der Waals surface area (Å²) in [6, 6.07) is 16.6. The van der Waals surface area contributed by atoms with Crippen molar-refractivity contribution in [2.45, 2.75) is 6.92 Å². The third-order valence-electron chi connectivity index (χ3n) is 4.85. The summed E-state index contributed by atoms with van der Waals surface area (Å²) in [5.41, 5.74) is 4.66. The van der Waals surface area contributed by atoms with Crippen LogP contribution < -0.4 is 15.4 Å².